The van der Waals surface area contributed by atoms with E-state index in [1.165, 1.54) is 0 Å². The van der Waals surface area contributed by atoms with E-state index in [9.17, 15) is 0 Å². The van der Waals surface area contributed by atoms with Gasteiger partial charge >= 0.3 is 0 Å². The van der Waals surface area contributed by atoms with Crippen LogP contribution in [0.2, 0.25) is 0 Å². The summed E-state index contributed by atoms with van der Waals surface area (Å²) in [5.74, 6) is 0. The Balaban J connectivity index is 2.02. The van der Waals surface area contributed by atoms with Crippen LogP contribution in [-0.2, 0) is 0 Å². The molecule has 0 unspecified atom stereocenters. The van der Waals surface area contributed by atoms with E-state index in [2.05, 4.69) is 51.1 Å². The standard InChI is InChI=1S/C17H17N3/c1-18-13-14-20(2)17-7-5-15(6-8-17)3-4-16-9-11-19-12-10-16/h3-12H,13-14H2,2H3/b4-3+. The van der Waals surface area contributed by atoms with Gasteiger partial charge in [-0.3, -0.25) is 4.98 Å². The number of benzene rings is 1. The summed E-state index contributed by atoms with van der Waals surface area (Å²) in [5, 5.41) is 0. The van der Waals surface area contributed by atoms with Crippen LogP contribution in [0.4, 0.5) is 5.69 Å². The largest absolute Gasteiger partial charge is 0.367 e. The highest BCUT2D eigenvalue weighted by Crippen LogP contribution is 2.15. The Kier molecular flexibility index (Phi) is 4.91. The number of anilines is 1. The first-order chi connectivity index (χ1) is 9.79. The average Bonchev–Trinajstić information content (AvgIpc) is 2.52. The zero-order chi connectivity index (χ0) is 14.2. The third kappa shape index (κ3) is 3.96. The van der Waals surface area contributed by atoms with Crippen molar-refractivity contribution in [3.05, 3.63) is 71.3 Å². The molecule has 0 aliphatic heterocycles. The van der Waals surface area contributed by atoms with Gasteiger partial charge in [0.15, 0.2) is 0 Å². The minimum atomic E-state index is 0.528. The van der Waals surface area contributed by atoms with Gasteiger partial charge in [0.1, 0.15) is 0 Å². The summed E-state index contributed by atoms with van der Waals surface area (Å²) < 4.78 is 0. The van der Waals surface area contributed by atoms with Crippen LogP contribution in [0.1, 0.15) is 11.1 Å². The maximum absolute atomic E-state index is 6.81. The van der Waals surface area contributed by atoms with Gasteiger partial charge in [0.2, 0.25) is 6.54 Å². The van der Waals surface area contributed by atoms with Gasteiger partial charge < -0.3 is 9.74 Å². The first kappa shape index (κ1) is 13.8. The number of hydrogen-bond acceptors (Lipinski definition) is 2. The Morgan fingerprint density at radius 3 is 2.25 bits per heavy atom. The molecule has 0 fully saturated rings. The van der Waals surface area contributed by atoms with Crippen molar-refractivity contribution in [2.24, 2.45) is 0 Å². The van der Waals surface area contributed by atoms with E-state index in [0.29, 0.717) is 6.54 Å². The maximum Gasteiger partial charge on any atom is 0.231 e. The van der Waals surface area contributed by atoms with Gasteiger partial charge in [-0.15, -0.1) is 0 Å². The Morgan fingerprint density at radius 2 is 1.65 bits per heavy atom. The lowest BCUT2D eigenvalue weighted by Crippen LogP contribution is -2.19. The number of rotatable bonds is 5. The van der Waals surface area contributed by atoms with Crippen LogP contribution in [0.5, 0.6) is 0 Å². The molecule has 0 N–H and O–H groups in total. The van der Waals surface area contributed by atoms with E-state index in [4.69, 9.17) is 6.57 Å². The van der Waals surface area contributed by atoms with Gasteiger partial charge in [0.05, 0.1) is 6.54 Å². The summed E-state index contributed by atoms with van der Waals surface area (Å²) in [6, 6.07) is 12.3. The van der Waals surface area contributed by atoms with Crippen molar-refractivity contribution in [3.8, 4) is 0 Å². The number of hydrogen-bond donors (Lipinski definition) is 0. The summed E-state index contributed by atoms with van der Waals surface area (Å²) in [4.78, 5) is 9.46. The van der Waals surface area contributed by atoms with Crippen molar-refractivity contribution in [2.75, 3.05) is 25.0 Å². The molecular weight excluding hydrogens is 246 g/mol. The highest BCUT2D eigenvalue weighted by Gasteiger charge is 2.00. The molecule has 2 aromatic rings. The third-order valence-corrected chi connectivity index (χ3v) is 3.06. The molecule has 3 nitrogen and oxygen atoms in total. The number of nitrogens with zero attached hydrogens (tertiary/aromatic N) is 3. The highest BCUT2D eigenvalue weighted by atomic mass is 15.1. The SMILES string of the molecule is [C-]#[N+]CCN(C)c1ccc(/C=C/c2ccncc2)cc1. The summed E-state index contributed by atoms with van der Waals surface area (Å²) in [7, 11) is 2.01. The molecule has 20 heavy (non-hydrogen) atoms. The lowest BCUT2D eigenvalue weighted by molar-refractivity contribution is 0.941. The molecule has 100 valence electrons. The second kappa shape index (κ2) is 7.10. The molecule has 1 aromatic carbocycles. The van der Waals surface area contributed by atoms with Crippen LogP contribution < -0.4 is 4.90 Å². The van der Waals surface area contributed by atoms with Gasteiger partial charge in [-0.2, -0.15) is 0 Å². The Hall–Kier alpha value is -2.60. The topological polar surface area (TPSA) is 20.5 Å². The van der Waals surface area contributed by atoms with Gasteiger partial charge in [0, 0.05) is 25.1 Å². The number of pyridine rings is 1. The van der Waals surface area contributed by atoms with E-state index in [0.717, 1.165) is 23.4 Å². The second-order valence-electron chi connectivity index (χ2n) is 4.51. The molecule has 1 aromatic heterocycles. The van der Waals surface area contributed by atoms with E-state index in [1.54, 1.807) is 12.4 Å². The Labute approximate surface area is 120 Å². The first-order valence-corrected chi connectivity index (χ1v) is 6.52. The predicted molar refractivity (Wildman–Crippen MR) is 84.3 cm³/mol. The quantitative estimate of drug-likeness (QED) is 0.768. The molecule has 3 heteroatoms. The zero-order valence-corrected chi connectivity index (χ0v) is 11.5. The van der Waals surface area contributed by atoms with Gasteiger partial charge in [-0.05, 0) is 35.4 Å². The molecule has 0 aliphatic carbocycles. The zero-order valence-electron chi connectivity index (χ0n) is 11.5. The molecule has 0 spiro atoms. The fraction of sp³-hybridized carbons (Fsp3) is 0.176. The summed E-state index contributed by atoms with van der Waals surface area (Å²) in [5.41, 5.74) is 3.43. The van der Waals surface area contributed by atoms with E-state index >= 15 is 0 Å². The van der Waals surface area contributed by atoms with Crippen LogP contribution in [0.25, 0.3) is 17.0 Å². The fourth-order valence-electron chi connectivity index (χ4n) is 1.84. The molecule has 0 aliphatic rings. The second-order valence-corrected chi connectivity index (χ2v) is 4.51. The lowest BCUT2D eigenvalue weighted by Gasteiger charge is -2.16. The molecule has 0 saturated carbocycles. The summed E-state index contributed by atoms with van der Waals surface area (Å²) in [6.07, 6.45) is 7.72. The highest BCUT2D eigenvalue weighted by molar-refractivity contribution is 5.70. The average molecular weight is 263 g/mol. The van der Waals surface area contributed by atoms with Gasteiger partial charge in [-0.1, -0.05) is 24.3 Å². The minimum absolute atomic E-state index is 0.528. The van der Waals surface area contributed by atoms with E-state index < -0.39 is 0 Å². The molecule has 2 rings (SSSR count). The summed E-state index contributed by atoms with van der Waals surface area (Å²) in [6.45, 7) is 8.10. The third-order valence-electron chi connectivity index (χ3n) is 3.06. The van der Waals surface area contributed by atoms with Crippen molar-refractivity contribution < 1.29 is 0 Å². The predicted octanol–water partition coefficient (Wildman–Crippen LogP) is 3.61. The smallest absolute Gasteiger partial charge is 0.231 e. The van der Waals surface area contributed by atoms with Crippen molar-refractivity contribution in [1.82, 2.24) is 4.98 Å². The Bertz CT molecular complexity index is 594. The normalized spacial score (nSPS) is 10.4. The van der Waals surface area contributed by atoms with Crippen LogP contribution >= 0.6 is 0 Å². The van der Waals surface area contributed by atoms with Crippen LogP contribution in [-0.4, -0.2) is 25.1 Å². The summed E-state index contributed by atoms with van der Waals surface area (Å²) >= 11 is 0. The van der Waals surface area contributed by atoms with Gasteiger partial charge in [0.25, 0.3) is 0 Å². The molecular formula is C17H17N3. The van der Waals surface area contributed by atoms with E-state index in [-0.39, 0.29) is 0 Å². The molecule has 0 bridgehead atoms. The maximum atomic E-state index is 6.81. The van der Waals surface area contributed by atoms with E-state index in [1.807, 2.05) is 19.2 Å². The molecule has 0 amide bonds. The first-order valence-electron chi connectivity index (χ1n) is 6.52. The van der Waals surface area contributed by atoms with Crippen molar-refractivity contribution in [3.63, 3.8) is 0 Å². The fourth-order valence-corrected chi connectivity index (χ4v) is 1.84. The van der Waals surface area contributed by atoms with Crippen LogP contribution in [0, 0.1) is 6.57 Å². The van der Waals surface area contributed by atoms with Crippen molar-refractivity contribution in [1.29, 1.82) is 0 Å². The van der Waals surface area contributed by atoms with Crippen LogP contribution in [0.3, 0.4) is 0 Å². The molecule has 0 radical (unpaired) electrons. The number of likely N-dealkylation sites (N-methyl/N-ethyl adjacent to an activating group) is 1. The lowest BCUT2D eigenvalue weighted by atomic mass is 10.1. The molecule has 1 heterocycles. The van der Waals surface area contributed by atoms with Crippen molar-refractivity contribution in [2.45, 2.75) is 0 Å². The van der Waals surface area contributed by atoms with Crippen molar-refractivity contribution >= 4 is 17.8 Å². The number of aromatic nitrogens is 1. The van der Waals surface area contributed by atoms with Gasteiger partial charge in [-0.25, -0.2) is 6.57 Å². The Morgan fingerprint density at radius 1 is 1.05 bits per heavy atom. The molecule has 0 saturated heterocycles. The van der Waals surface area contributed by atoms with Crippen LogP contribution in [0.15, 0.2) is 48.8 Å². The minimum Gasteiger partial charge on any atom is -0.367 e. The monoisotopic (exact) mass is 263 g/mol. The molecule has 0 atom stereocenters.